The molecule has 0 aliphatic carbocycles. The number of amides is 1. The topological polar surface area (TPSA) is 515 Å². The van der Waals surface area contributed by atoms with Gasteiger partial charge in [-0.1, -0.05) is 0 Å². The number of carbonyl (C=O) groups is 1. The van der Waals surface area contributed by atoms with Crippen LogP contribution < -0.4 is 5.32 Å². The molecule has 0 aromatic carbocycles. The largest absolute Gasteiger partial charge is 0.394 e. The van der Waals surface area contributed by atoms with Crippen molar-refractivity contribution < 1.29 is 154 Å². The van der Waals surface area contributed by atoms with E-state index in [1.807, 2.05) is 0 Å². The first-order valence-corrected chi connectivity index (χ1v) is 22.1. The van der Waals surface area contributed by atoms with Crippen molar-refractivity contribution in [3.63, 3.8) is 0 Å². The lowest BCUT2D eigenvalue weighted by molar-refractivity contribution is -0.395. The Morgan fingerprint density at radius 3 is 1.39 bits per heavy atom. The maximum absolute atomic E-state index is 12.2. The Labute approximate surface area is 395 Å². The van der Waals surface area contributed by atoms with Crippen LogP contribution in [0.1, 0.15) is 6.92 Å². The minimum Gasteiger partial charge on any atom is -0.394 e. The van der Waals surface area contributed by atoms with Crippen LogP contribution in [0.3, 0.4) is 0 Å². The summed E-state index contributed by atoms with van der Waals surface area (Å²) in [7, 11) is 0. The molecule has 6 fully saturated rings. The highest BCUT2D eigenvalue weighted by atomic mass is 16.8. The minimum absolute atomic E-state index is 0.812. The SMILES string of the molecule is CC(=O)N[C@H]1C(O)O[C@H](CO[C@@H]2O[C@H](CO)[C@H](O)[C@H](O[C@@H]3O[C@H](CO)[C@H](O)[C@H](O)[C@H]3O)[C@H]2O[C@@H]2O[C@H](CO)[C@H](O)[C@H](O)[C@H]2O)[C@@H](O[C@@H]2O[C@@H]([C@H](O)CO)[C@H](O)[C@H]2O[C@@H]2O[C@@H]([C@H](O)CO)[C@H](O)[C@H]2O)[C@@H]1O. The summed E-state index contributed by atoms with van der Waals surface area (Å²) < 4.78 is 63.2. The second kappa shape index (κ2) is 24.7. The molecular formula is C38H65NO31. The Hall–Kier alpha value is -1.73. The Morgan fingerprint density at radius 2 is 0.871 bits per heavy atom. The van der Waals surface area contributed by atoms with E-state index in [0.717, 1.165) is 6.92 Å². The third-order valence-electron chi connectivity index (χ3n) is 12.8. The van der Waals surface area contributed by atoms with Crippen LogP contribution >= 0.6 is 0 Å². The molecule has 6 aliphatic rings. The molecule has 0 bridgehead atoms. The molecular weight excluding hydrogens is 966 g/mol. The molecule has 0 aromatic heterocycles. The van der Waals surface area contributed by atoms with Gasteiger partial charge in [0, 0.05) is 6.92 Å². The molecule has 6 rings (SSSR count). The van der Waals surface area contributed by atoms with Crippen molar-refractivity contribution in [2.75, 3.05) is 39.6 Å². The van der Waals surface area contributed by atoms with Gasteiger partial charge in [-0.05, 0) is 0 Å². The van der Waals surface area contributed by atoms with Crippen LogP contribution in [0.4, 0.5) is 0 Å². The molecule has 1 amide bonds. The van der Waals surface area contributed by atoms with Crippen LogP contribution in [0.5, 0.6) is 0 Å². The highest BCUT2D eigenvalue weighted by Gasteiger charge is 2.58. The van der Waals surface area contributed by atoms with Crippen molar-refractivity contribution in [2.24, 2.45) is 0 Å². The first kappa shape index (κ1) is 57.5. The highest BCUT2D eigenvalue weighted by molar-refractivity contribution is 5.73. The van der Waals surface area contributed by atoms with Crippen molar-refractivity contribution in [2.45, 2.75) is 191 Å². The summed E-state index contributed by atoms with van der Waals surface area (Å²) in [5, 5.41) is 203. The van der Waals surface area contributed by atoms with Crippen molar-refractivity contribution in [3.05, 3.63) is 0 Å². The third kappa shape index (κ3) is 12.0. The van der Waals surface area contributed by atoms with Crippen molar-refractivity contribution in [1.82, 2.24) is 5.32 Å². The molecule has 0 aromatic rings. The van der Waals surface area contributed by atoms with Gasteiger partial charge < -0.3 is 154 Å². The van der Waals surface area contributed by atoms with Crippen LogP contribution in [-0.4, -0.2) is 327 Å². The maximum atomic E-state index is 12.2. The average Bonchev–Trinajstić information content (AvgIpc) is 3.80. The van der Waals surface area contributed by atoms with E-state index in [1.165, 1.54) is 0 Å². The summed E-state index contributed by atoms with van der Waals surface area (Å²) >= 11 is 0. The number of carbonyl (C=O) groups excluding carboxylic acids is 1. The van der Waals surface area contributed by atoms with E-state index in [4.69, 9.17) is 52.1 Å². The molecule has 408 valence electrons. The molecule has 32 heteroatoms. The Bertz CT molecular complexity index is 1630. The fourth-order valence-corrected chi connectivity index (χ4v) is 8.82. The van der Waals surface area contributed by atoms with E-state index in [0.29, 0.717) is 0 Å². The smallest absolute Gasteiger partial charge is 0.217 e. The standard InChI is InChI=1S/C38H65NO31/c1-8(45)39-15-19(51)29(67-38-31(26(58)28(66-38)10(47)3-41)69-36-25(57)22(54)27(65-36)9(46)2-40)14(61-33(15)59)7-60-37-32(70-35-24(56)21(53)17(49)12(5-43)63-35)30(18(50)13(6-44)64-37)68-34-23(55)20(52)16(48)11(4-42)62-34/h9-38,40-44,46-59H,2-7H2,1H3,(H,39,45)/t9-,10-,11-,12-,13-,14-,15-,16+,17+,18+,19-,20+,21+,22-,23-,24-,25-,26+,27+,28+,29-,30+,31-,32-,33?,34+,35+,36+,37-,38+/m1/s1. The van der Waals surface area contributed by atoms with Gasteiger partial charge >= 0.3 is 0 Å². The zero-order valence-electron chi connectivity index (χ0n) is 37.0. The summed E-state index contributed by atoms with van der Waals surface area (Å²) in [6.45, 7) is -4.84. The first-order valence-electron chi connectivity index (χ1n) is 22.1. The predicted octanol–water partition coefficient (Wildman–Crippen LogP) is -14.0. The Balaban J connectivity index is 1.32. The third-order valence-corrected chi connectivity index (χ3v) is 12.8. The number of rotatable bonds is 19. The van der Waals surface area contributed by atoms with Gasteiger partial charge in [0.15, 0.2) is 37.7 Å². The van der Waals surface area contributed by atoms with E-state index in [9.17, 15) is 102 Å². The molecule has 20 N–H and O–H groups in total. The minimum atomic E-state index is -2.15. The number of hydrogen-bond acceptors (Lipinski definition) is 31. The van der Waals surface area contributed by atoms with Crippen molar-refractivity contribution in [1.29, 1.82) is 0 Å². The molecule has 0 spiro atoms. The molecule has 0 saturated carbocycles. The van der Waals surface area contributed by atoms with Gasteiger partial charge in [0.1, 0.15) is 146 Å². The van der Waals surface area contributed by atoms with Crippen LogP contribution in [0.2, 0.25) is 0 Å². The zero-order valence-corrected chi connectivity index (χ0v) is 37.0. The summed E-state index contributed by atoms with van der Waals surface area (Å²) in [5.74, 6) is -0.812. The number of nitrogens with one attached hydrogen (secondary N) is 1. The predicted molar refractivity (Wildman–Crippen MR) is 211 cm³/mol. The first-order chi connectivity index (χ1) is 33.1. The Kier molecular flexibility index (Phi) is 20.3. The van der Waals surface area contributed by atoms with Gasteiger partial charge in [-0.3, -0.25) is 4.79 Å². The molecule has 6 aliphatic heterocycles. The molecule has 32 nitrogen and oxygen atoms in total. The summed E-state index contributed by atoms with van der Waals surface area (Å²) in [4.78, 5) is 12.2. The average molecular weight is 1030 g/mol. The van der Waals surface area contributed by atoms with Gasteiger partial charge in [-0.25, -0.2) is 0 Å². The van der Waals surface area contributed by atoms with Gasteiger partial charge in [0.25, 0.3) is 0 Å². The van der Waals surface area contributed by atoms with Crippen LogP contribution in [0.25, 0.3) is 0 Å². The Morgan fingerprint density at radius 1 is 0.443 bits per heavy atom. The summed E-state index contributed by atoms with van der Waals surface area (Å²) in [6.07, 6.45) is -56.0. The fourth-order valence-electron chi connectivity index (χ4n) is 8.82. The molecule has 6 heterocycles. The molecule has 70 heavy (non-hydrogen) atoms. The lowest BCUT2D eigenvalue weighted by atomic mass is 9.95. The van der Waals surface area contributed by atoms with Crippen molar-refractivity contribution in [3.8, 4) is 0 Å². The lowest BCUT2D eigenvalue weighted by Gasteiger charge is -2.49. The van der Waals surface area contributed by atoms with Gasteiger partial charge in [-0.15, -0.1) is 0 Å². The quantitative estimate of drug-likeness (QED) is 0.0571. The van der Waals surface area contributed by atoms with Crippen LogP contribution in [0, 0.1) is 0 Å². The van der Waals surface area contributed by atoms with E-state index >= 15 is 0 Å². The second-order valence-corrected chi connectivity index (χ2v) is 17.5. The van der Waals surface area contributed by atoms with E-state index in [-0.39, 0.29) is 0 Å². The number of hydrogen-bond donors (Lipinski definition) is 20. The summed E-state index contributed by atoms with van der Waals surface area (Å²) in [6, 6.07) is -1.72. The zero-order chi connectivity index (χ0) is 51.6. The number of ether oxygens (including phenoxy) is 11. The lowest BCUT2D eigenvalue weighted by Crippen LogP contribution is -2.68. The van der Waals surface area contributed by atoms with E-state index < -0.39 is 230 Å². The second-order valence-electron chi connectivity index (χ2n) is 17.5. The summed E-state index contributed by atoms with van der Waals surface area (Å²) in [5.41, 5.74) is 0. The van der Waals surface area contributed by atoms with Gasteiger partial charge in [0.05, 0.1) is 39.6 Å². The van der Waals surface area contributed by atoms with E-state index in [2.05, 4.69) is 5.32 Å². The van der Waals surface area contributed by atoms with Crippen molar-refractivity contribution >= 4 is 5.91 Å². The van der Waals surface area contributed by atoms with Crippen LogP contribution in [0.15, 0.2) is 0 Å². The maximum Gasteiger partial charge on any atom is 0.217 e. The normalized spacial score (nSPS) is 49.9. The molecule has 6 saturated heterocycles. The number of aliphatic hydroxyl groups is 19. The van der Waals surface area contributed by atoms with E-state index in [1.54, 1.807) is 0 Å². The monoisotopic (exact) mass is 1030 g/mol. The highest BCUT2D eigenvalue weighted by Crippen LogP contribution is 2.38. The molecule has 1 unspecified atom stereocenters. The van der Waals surface area contributed by atoms with Gasteiger partial charge in [0.2, 0.25) is 5.91 Å². The fraction of sp³-hybridized carbons (Fsp3) is 0.974. The van der Waals surface area contributed by atoms with Gasteiger partial charge in [-0.2, -0.15) is 0 Å². The number of aliphatic hydroxyl groups excluding tert-OH is 19. The molecule has 30 atom stereocenters. The van der Waals surface area contributed by atoms with Crippen LogP contribution in [-0.2, 0) is 56.9 Å². The molecule has 0 radical (unpaired) electrons.